The Kier molecular flexibility index (Phi) is 9.05. The molecule has 1 aromatic rings. The largest absolute Gasteiger partial charge is 0.394 e. The summed E-state index contributed by atoms with van der Waals surface area (Å²) in [6.07, 6.45) is 1.39. The quantitative estimate of drug-likeness (QED) is 0.217. The summed E-state index contributed by atoms with van der Waals surface area (Å²) in [5, 5.41) is 19.9. The van der Waals surface area contributed by atoms with E-state index in [-0.39, 0.29) is 43.3 Å². The lowest BCUT2D eigenvalue weighted by atomic mass is 10.1. The third kappa shape index (κ3) is 5.85. The second-order valence-electron chi connectivity index (χ2n) is 5.28. The van der Waals surface area contributed by atoms with E-state index in [0.717, 1.165) is 6.07 Å². The van der Waals surface area contributed by atoms with E-state index in [1.807, 2.05) is 5.48 Å². The van der Waals surface area contributed by atoms with Crippen LogP contribution in [0.2, 0.25) is 0 Å². The van der Waals surface area contributed by atoms with E-state index in [9.17, 15) is 18.0 Å². The molecule has 28 heavy (non-hydrogen) atoms. The van der Waals surface area contributed by atoms with Crippen LogP contribution in [0.3, 0.4) is 0 Å². The molecule has 0 radical (unpaired) electrons. The molecule has 154 valence electrons. The lowest BCUT2D eigenvalue weighted by molar-refractivity contribution is 0.0168. The minimum atomic E-state index is -1.40. The first-order valence-electron chi connectivity index (χ1n) is 8.00. The summed E-state index contributed by atoms with van der Waals surface area (Å²) in [7, 11) is 0. The molecule has 11 heteroatoms. The fraction of sp³-hybridized carbons (Fsp3) is 0.294. The molecule has 0 aliphatic carbocycles. The summed E-state index contributed by atoms with van der Waals surface area (Å²) >= 11 is -0.595. The number of ether oxygens (including phenoxy) is 1. The first-order chi connectivity index (χ1) is 13.5. The van der Waals surface area contributed by atoms with Crippen LogP contribution in [0.4, 0.5) is 18.9 Å². The van der Waals surface area contributed by atoms with Crippen molar-refractivity contribution in [3.63, 3.8) is 0 Å². The molecule has 0 saturated carbocycles. The van der Waals surface area contributed by atoms with Crippen molar-refractivity contribution in [2.24, 2.45) is 0 Å². The van der Waals surface area contributed by atoms with Gasteiger partial charge in [-0.2, -0.15) is 0 Å². The minimum Gasteiger partial charge on any atom is -0.394 e. The number of hydroxylamine groups is 1. The highest BCUT2D eigenvalue weighted by Crippen LogP contribution is 2.29. The number of hydrogen-bond donors (Lipinski definition) is 4. The zero-order valence-electron chi connectivity index (χ0n) is 14.5. The van der Waals surface area contributed by atoms with Gasteiger partial charge in [0.2, 0.25) is 0 Å². The molecule has 1 aliphatic heterocycles. The normalized spacial score (nSPS) is 13.5. The van der Waals surface area contributed by atoms with Crippen molar-refractivity contribution in [3.8, 4) is 0 Å². The zero-order chi connectivity index (χ0) is 20.5. The molecule has 1 aromatic carbocycles. The van der Waals surface area contributed by atoms with Crippen molar-refractivity contribution < 1.29 is 37.8 Å². The van der Waals surface area contributed by atoms with Crippen LogP contribution in [0.1, 0.15) is 15.9 Å². The van der Waals surface area contributed by atoms with E-state index in [4.69, 9.17) is 19.8 Å². The van der Waals surface area contributed by atoms with Crippen LogP contribution in [-0.2, 0) is 16.2 Å². The van der Waals surface area contributed by atoms with Gasteiger partial charge >= 0.3 is 0 Å². The lowest BCUT2D eigenvalue weighted by Gasteiger charge is -2.17. The fourth-order valence-electron chi connectivity index (χ4n) is 2.11. The molecule has 0 aromatic heterocycles. The van der Waals surface area contributed by atoms with Gasteiger partial charge in [-0.25, -0.2) is 18.7 Å². The maximum Gasteiger partial charge on any atom is 0.277 e. The molecule has 0 bridgehead atoms. The SMILES string of the molecule is O=C(NOCCO)c1cc(COCCO)c(F)c(F)c1NC1=C(F)C=IC=C1. The summed E-state index contributed by atoms with van der Waals surface area (Å²) in [5.74, 6) is -4.24. The molecule has 0 fully saturated rings. The van der Waals surface area contributed by atoms with Gasteiger partial charge in [0.05, 0.1) is 50.0 Å². The number of hydrogen-bond acceptors (Lipinski definition) is 6. The standard InChI is InChI=1S/C17H18F3IN2O5/c18-12-8-21-2-1-13(12)22-16-11(17(26)23-28-6-4-25)7-10(9-27-5-3-24)14(19)15(16)20/h1-2,7-8,22,24-25H,3-6,9H2,(H,23,26). The number of amides is 1. The number of anilines is 1. The first-order valence-corrected chi connectivity index (χ1v) is 10.5. The van der Waals surface area contributed by atoms with Crippen molar-refractivity contribution in [1.29, 1.82) is 0 Å². The molecule has 0 saturated heterocycles. The van der Waals surface area contributed by atoms with Crippen LogP contribution in [0, 0.1) is 11.6 Å². The first kappa shape index (κ1) is 22.5. The van der Waals surface area contributed by atoms with E-state index in [0.29, 0.717) is 0 Å². The molecule has 0 unspecified atom stereocenters. The Morgan fingerprint density at radius 1 is 1.14 bits per heavy atom. The van der Waals surface area contributed by atoms with Gasteiger partial charge in [0.15, 0.2) is 17.5 Å². The number of allylic oxidation sites excluding steroid dienone is 2. The van der Waals surface area contributed by atoms with Gasteiger partial charge in [-0.15, -0.1) is 0 Å². The van der Waals surface area contributed by atoms with Crippen molar-refractivity contribution in [2.45, 2.75) is 6.61 Å². The van der Waals surface area contributed by atoms with Crippen molar-refractivity contribution in [2.75, 3.05) is 31.7 Å². The number of carbonyl (C=O) groups is 1. The summed E-state index contributed by atoms with van der Waals surface area (Å²) in [6.45, 7) is -1.40. The van der Waals surface area contributed by atoms with E-state index < -0.39 is 56.4 Å². The van der Waals surface area contributed by atoms with E-state index in [2.05, 4.69) is 5.32 Å². The number of aliphatic hydroxyl groups excluding tert-OH is 2. The second kappa shape index (κ2) is 11.3. The van der Waals surface area contributed by atoms with Gasteiger partial charge in [-0.1, -0.05) is 20.7 Å². The zero-order valence-corrected chi connectivity index (χ0v) is 16.6. The Morgan fingerprint density at radius 2 is 1.89 bits per heavy atom. The molecule has 2 rings (SSSR count). The number of benzene rings is 1. The molecule has 4 N–H and O–H groups in total. The van der Waals surface area contributed by atoms with Gasteiger partial charge < -0.3 is 20.3 Å². The highest BCUT2D eigenvalue weighted by Gasteiger charge is 2.24. The number of nitrogens with one attached hydrogen (secondary N) is 2. The number of aliphatic hydroxyl groups is 2. The van der Waals surface area contributed by atoms with E-state index in [1.165, 1.54) is 10.1 Å². The number of rotatable bonds is 10. The van der Waals surface area contributed by atoms with Gasteiger partial charge in [-0.05, 0) is 16.2 Å². The fourth-order valence-corrected chi connectivity index (χ4v) is 3.54. The van der Waals surface area contributed by atoms with E-state index >= 15 is 0 Å². The number of carbonyl (C=O) groups excluding carboxylic acids is 1. The highest BCUT2D eigenvalue weighted by molar-refractivity contribution is 14.2. The average Bonchev–Trinajstić information content (AvgIpc) is 2.69. The minimum absolute atomic E-state index is 0.107. The van der Waals surface area contributed by atoms with Gasteiger partial charge in [-0.3, -0.25) is 9.63 Å². The smallest absolute Gasteiger partial charge is 0.277 e. The van der Waals surface area contributed by atoms with Crippen LogP contribution in [0.25, 0.3) is 0 Å². The summed E-state index contributed by atoms with van der Waals surface area (Å²) < 4.78 is 51.1. The van der Waals surface area contributed by atoms with Crippen LogP contribution in [-0.4, -0.2) is 46.6 Å². The van der Waals surface area contributed by atoms with Crippen LogP contribution < -0.4 is 10.8 Å². The summed E-state index contributed by atoms with van der Waals surface area (Å²) in [5.41, 5.74) is 0.684. The van der Waals surface area contributed by atoms with E-state index in [1.54, 1.807) is 4.08 Å². The third-order valence-corrected chi connectivity index (χ3v) is 5.04. The average molecular weight is 514 g/mol. The molecular weight excluding hydrogens is 496 g/mol. The lowest BCUT2D eigenvalue weighted by Crippen LogP contribution is -2.27. The molecule has 7 nitrogen and oxygen atoms in total. The Labute approximate surface area is 168 Å². The second-order valence-corrected chi connectivity index (χ2v) is 7.34. The van der Waals surface area contributed by atoms with Crippen molar-refractivity contribution >= 4 is 36.3 Å². The Balaban J connectivity index is 2.42. The molecule has 0 atom stereocenters. The highest BCUT2D eigenvalue weighted by atomic mass is 127. The van der Waals surface area contributed by atoms with Gasteiger partial charge in [0.1, 0.15) is 0 Å². The molecule has 1 aliphatic rings. The third-order valence-electron chi connectivity index (χ3n) is 3.36. The summed E-state index contributed by atoms with van der Waals surface area (Å²) in [6, 6.07) is 1.04. The van der Waals surface area contributed by atoms with Crippen LogP contribution in [0.5, 0.6) is 0 Å². The van der Waals surface area contributed by atoms with Gasteiger partial charge in [0.25, 0.3) is 5.91 Å². The van der Waals surface area contributed by atoms with Crippen molar-refractivity contribution in [3.05, 3.63) is 50.5 Å². The Bertz CT molecular complexity index is 814. The maximum atomic E-state index is 14.7. The molecule has 0 spiro atoms. The van der Waals surface area contributed by atoms with Gasteiger partial charge in [0, 0.05) is 9.58 Å². The molecule has 1 amide bonds. The Morgan fingerprint density at radius 3 is 2.57 bits per heavy atom. The summed E-state index contributed by atoms with van der Waals surface area (Å²) in [4.78, 5) is 17.1. The number of halogens is 4. The predicted molar refractivity (Wildman–Crippen MR) is 105 cm³/mol. The predicted octanol–water partition coefficient (Wildman–Crippen LogP) is 2.02. The molecular formula is C17H18F3IN2O5. The van der Waals surface area contributed by atoms with Crippen LogP contribution in [0.15, 0.2) is 27.7 Å². The molecule has 1 heterocycles. The van der Waals surface area contributed by atoms with Crippen LogP contribution >= 0.6 is 20.7 Å². The Hall–Kier alpha value is -1.80. The topological polar surface area (TPSA) is 100 Å². The maximum absolute atomic E-state index is 14.7. The van der Waals surface area contributed by atoms with Crippen molar-refractivity contribution in [1.82, 2.24) is 5.48 Å². The monoisotopic (exact) mass is 514 g/mol.